The number of hydrazine groups is 1. The lowest BCUT2D eigenvalue weighted by atomic mass is 10.1. The van der Waals surface area contributed by atoms with Crippen LogP contribution < -0.4 is 11.3 Å². The maximum atomic E-state index is 5.99. The quantitative estimate of drug-likeness (QED) is 0.511. The van der Waals surface area contributed by atoms with Gasteiger partial charge in [-0.1, -0.05) is 43.3 Å². The molecule has 0 amide bonds. The number of aromatic nitrogens is 2. The molecule has 0 fully saturated rings. The molecule has 2 aromatic rings. The Balaban J connectivity index is 2.39. The molecule has 1 heterocycles. The van der Waals surface area contributed by atoms with E-state index in [0.717, 1.165) is 15.5 Å². The smallest absolute Gasteiger partial charge is 0.147 e. The van der Waals surface area contributed by atoms with Crippen molar-refractivity contribution in [2.24, 2.45) is 5.84 Å². The first-order chi connectivity index (χ1) is 9.11. The van der Waals surface area contributed by atoms with Crippen LogP contribution in [-0.4, -0.2) is 9.97 Å². The van der Waals surface area contributed by atoms with Gasteiger partial charge in [0, 0.05) is 15.5 Å². The molecular weight excluding hydrogens is 280 g/mol. The zero-order chi connectivity index (χ0) is 13.8. The van der Waals surface area contributed by atoms with Gasteiger partial charge in [0.15, 0.2) is 0 Å². The Morgan fingerprint density at radius 3 is 2.74 bits per heavy atom. The van der Waals surface area contributed by atoms with E-state index in [1.807, 2.05) is 24.3 Å². The van der Waals surface area contributed by atoms with Gasteiger partial charge < -0.3 is 5.43 Å². The van der Waals surface area contributed by atoms with Crippen molar-refractivity contribution in [2.45, 2.75) is 29.7 Å². The van der Waals surface area contributed by atoms with Crippen molar-refractivity contribution in [1.29, 1.82) is 0 Å². The van der Waals surface area contributed by atoms with E-state index < -0.39 is 0 Å². The van der Waals surface area contributed by atoms with Crippen molar-refractivity contribution in [3.8, 4) is 0 Å². The molecule has 3 N–H and O–H groups in total. The van der Waals surface area contributed by atoms with Crippen LogP contribution in [0.4, 0.5) is 5.82 Å². The minimum atomic E-state index is 0.272. The third-order valence-corrected chi connectivity index (χ3v) is 3.82. The summed E-state index contributed by atoms with van der Waals surface area (Å²) >= 11 is 7.55. The molecule has 4 nitrogen and oxygen atoms in total. The maximum Gasteiger partial charge on any atom is 0.147 e. The minimum absolute atomic E-state index is 0.272. The van der Waals surface area contributed by atoms with Crippen molar-refractivity contribution >= 4 is 29.2 Å². The molecular formula is C13H15ClN4S. The van der Waals surface area contributed by atoms with Crippen LogP contribution >= 0.6 is 23.4 Å². The molecule has 6 heteroatoms. The third kappa shape index (κ3) is 3.37. The lowest BCUT2D eigenvalue weighted by molar-refractivity contribution is 0.804. The first-order valence-corrected chi connectivity index (χ1v) is 7.06. The first-order valence-electron chi connectivity index (χ1n) is 5.86. The lowest BCUT2D eigenvalue weighted by Crippen LogP contribution is -2.13. The normalized spacial score (nSPS) is 10.8. The zero-order valence-electron chi connectivity index (χ0n) is 10.7. The Bertz CT molecular complexity index is 574. The minimum Gasteiger partial charge on any atom is -0.308 e. The summed E-state index contributed by atoms with van der Waals surface area (Å²) in [5.41, 5.74) is 3.63. The number of nitrogens with one attached hydrogen (secondary N) is 1. The lowest BCUT2D eigenvalue weighted by Gasteiger charge is -2.14. The van der Waals surface area contributed by atoms with E-state index in [-0.39, 0.29) is 5.92 Å². The van der Waals surface area contributed by atoms with Gasteiger partial charge in [0.05, 0.1) is 0 Å². The molecule has 1 aromatic heterocycles. The zero-order valence-corrected chi connectivity index (χ0v) is 12.3. The molecule has 1 aromatic carbocycles. The van der Waals surface area contributed by atoms with Crippen LogP contribution in [0.25, 0.3) is 0 Å². The molecule has 0 aliphatic rings. The number of nitrogens with zero attached hydrogens (tertiary/aromatic N) is 2. The molecule has 100 valence electrons. The Kier molecular flexibility index (Phi) is 4.63. The van der Waals surface area contributed by atoms with Crippen LogP contribution in [0.1, 0.15) is 25.3 Å². The molecule has 0 aliphatic carbocycles. The largest absolute Gasteiger partial charge is 0.308 e. The van der Waals surface area contributed by atoms with E-state index in [2.05, 4.69) is 29.2 Å². The number of hydrogen-bond acceptors (Lipinski definition) is 5. The number of rotatable bonds is 4. The molecule has 0 saturated carbocycles. The Hall–Kier alpha value is -1.30. The summed E-state index contributed by atoms with van der Waals surface area (Å²) in [6, 6.07) is 7.68. The summed E-state index contributed by atoms with van der Waals surface area (Å²) in [5.74, 6) is 6.44. The summed E-state index contributed by atoms with van der Waals surface area (Å²) in [5, 5.41) is 1.60. The summed E-state index contributed by atoms with van der Waals surface area (Å²) in [4.78, 5) is 9.54. The second-order valence-corrected chi connectivity index (χ2v) is 5.80. The van der Waals surface area contributed by atoms with Gasteiger partial charge in [-0.05, 0) is 24.1 Å². The number of halogens is 1. The molecule has 0 bridgehead atoms. The number of nitrogen functional groups attached to an aromatic ring is 1. The highest BCUT2D eigenvalue weighted by Gasteiger charge is 2.15. The van der Waals surface area contributed by atoms with E-state index in [0.29, 0.717) is 10.8 Å². The standard InChI is InChI=1S/C13H15ClN4S/c1-8(2)11-12(18-15)16-7-17-13(11)19-10-5-3-4-9(14)6-10/h3-8H,15H2,1-2H3,(H,16,17,18). The van der Waals surface area contributed by atoms with E-state index in [1.165, 1.54) is 6.33 Å². The summed E-state index contributed by atoms with van der Waals surface area (Å²) < 4.78 is 0. The molecule has 0 spiro atoms. The Morgan fingerprint density at radius 2 is 2.11 bits per heavy atom. The topological polar surface area (TPSA) is 63.8 Å². The molecule has 0 unspecified atom stereocenters. The van der Waals surface area contributed by atoms with Gasteiger partial charge in [-0.15, -0.1) is 0 Å². The second kappa shape index (κ2) is 6.23. The van der Waals surface area contributed by atoms with Gasteiger partial charge in [-0.3, -0.25) is 0 Å². The van der Waals surface area contributed by atoms with Crippen LogP contribution in [-0.2, 0) is 0 Å². The maximum absolute atomic E-state index is 5.99. The molecule has 2 rings (SSSR count). The number of anilines is 1. The van der Waals surface area contributed by atoms with Crippen molar-refractivity contribution in [2.75, 3.05) is 5.43 Å². The number of benzene rings is 1. The van der Waals surface area contributed by atoms with Crippen molar-refractivity contribution in [1.82, 2.24) is 9.97 Å². The van der Waals surface area contributed by atoms with Crippen LogP contribution in [0, 0.1) is 0 Å². The number of hydrogen-bond donors (Lipinski definition) is 2. The molecule has 19 heavy (non-hydrogen) atoms. The van der Waals surface area contributed by atoms with Crippen molar-refractivity contribution < 1.29 is 0 Å². The SMILES string of the molecule is CC(C)c1c(NN)ncnc1Sc1cccc(Cl)c1. The average molecular weight is 295 g/mol. The fourth-order valence-corrected chi connectivity index (χ4v) is 3.09. The van der Waals surface area contributed by atoms with E-state index in [9.17, 15) is 0 Å². The van der Waals surface area contributed by atoms with E-state index in [1.54, 1.807) is 11.8 Å². The summed E-state index contributed by atoms with van der Waals surface area (Å²) in [7, 11) is 0. The van der Waals surface area contributed by atoms with Crippen molar-refractivity contribution in [3.63, 3.8) is 0 Å². The molecule has 0 radical (unpaired) electrons. The van der Waals surface area contributed by atoms with Crippen LogP contribution in [0.15, 0.2) is 40.5 Å². The molecule has 0 atom stereocenters. The molecule has 0 saturated heterocycles. The third-order valence-electron chi connectivity index (χ3n) is 2.57. The van der Waals surface area contributed by atoms with Crippen LogP contribution in [0.5, 0.6) is 0 Å². The van der Waals surface area contributed by atoms with E-state index >= 15 is 0 Å². The summed E-state index contributed by atoms with van der Waals surface area (Å²) in [6.07, 6.45) is 1.51. The second-order valence-electron chi connectivity index (χ2n) is 4.30. The van der Waals surface area contributed by atoms with Gasteiger partial charge in [-0.25, -0.2) is 15.8 Å². The van der Waals surface area contributed by atoms with Gasteiger partial charge in [-0.2, -0.15) is 0 Å². The highest BCUT2D eigenvalue weighted by atomic mass is 35.5. The highest BCUT2D eigenvalue weighted by molar-refractivity contribution is 7.99. The van der Waals surface area contributed by atoms with Gasteiger partial charge in [0.2, 0.25) is 0 Å². The number of nitrogens with two attached hydrogens (primary N) is 1. The van der Waals surface area contributed by atoms with Gasteiger partial charge in [0.1, 0.15) is 17.2 Å². The van der Waals surface area contributed by atoms with E-state index in [4.69, 9.17) is 17.4 Å². The fourth-order valence-electron chi connectivity index (χ4n) is 1.74. The highest BCUT2D eigenvalue weighted by Crippen LogP contribution is 2.35. The molecule has 0 aliphatic heterocycles. The van der Waals surface area contributed by atoms with Crippen LogP contribution in [0.2, 0.25) is 5.02 Å². The Morgan fingerprint density at radius 1 is 1.32 bits per heavy atom. The van der Waals surface area contributed by atoms with Gasteiger partial charge >= 0.3 is 0 Å². The average Bonchev–Trinajstić information content (AvgIpc) is 2.38. The monoisotopic (exact) mass is 294 g/mol. The predicted molar refractivity (Wildman–Crippen MR) is 79.5 cm³/mol. The fraction of sp³-hybridized carbons (Fsp3) is 0.231. The summed E-state index contributed by atoms with van der Waals surface area (Å²) in [6.45, 7) is 4.17. The first kappa shape index (κ1) is 14.1. The van der Waals surface area contributed by atoms with Gasteiger partial charge in [0.25, 0.3) is 0 Å². The van der Waals surface area contributed by atoms with Crippen molar-refractivity contribution in [3.05, 3.63) is 41.2 Å². The Labute approximate surface area is 121 Å². The van der Waals surface area contributed by atoms with Crippen LogP contribution in [0.3, 0.4) is 0 Å². The predicted octanol–water partition coefficient (Wildman–Crippen LogP) is 3.69.